The molecule has 1 rings (SSSR count). The molecule has 0 aliphatic heterocycles. The Morgan fingerprint density at radius 1 is 1.33 bits per heavy atom. The zero-order valence-corrected chi connectivity index (χ0v) is 11.9. The van der Waals surface area contributed by atoms with Crippen molar-refractivity contribution in [3.05, 3.63) is 23.4 Å². The van der Waals surface area contributed by atoms with Crippen LogP contribution in [0.1, 0.15) is 50.8 Å². The number of rotatable bonds is 8. The van der Waals surface area contributed by atoms with Crippen LogP contribution in [-0.4, -0.2) is 11.6 Å². The summed E-state index contributed by atoms with van der Waals surface area (Å²) in [6, 6.07) is 3.95. The molecule has 2 N–H and O–H groups in total. The normalized spacial score (nSPS) is 12.4. The Kier molecular flexibility index (Phi) is 6.73. The molecule has 1 heterocycles. The van der Waals surface area contributed by atoms with E-state index in [1.807, 2.05) is 19.1 Å². The van der Waals surface area contributed by atoms with Gasteiger partial charge in [0.25, 0.3) is 0 Å². The van der Waals surface area contributed by atoms with E-state index in [9.17, 15) is 0 Å². The molecule has 3 heteroatoms. The first-order valence-corrected chi connectivity index (χ1v) is 7.00. The van der Waals surface area contributed by atoms with E-state index in [0.29, 0.717) is 18.3 Å². The van der Waals surface area contributed by atoms with Crippen molar-refractivity contribution in [1.82, 2.24) is 4.98 Å². The summed E-state index contributed by atoms with van der Waals surface area (Å²) in [5.41, 5.74) is 7.70. The largest absolute Gasteiger partial charge is 0.477 e. The van der Waals surface area contributed by atoms with E-state index in [0.717, 1.165) is 24.3 Å². The average Bonchev–Trinajstić information content (AvgIpc) is 2.38. The summed E-state index contributed by atoms with van der Waals surface area (Å²) in [4.78, 5) is 4.39. The molecule has 18 heavy (non-hydrogen) atoms. The standard InChI is InChI=1S/C15H26N2O/c1-4-6-7-13(5-2)11-18-15-9-14(10-16)8-12(3)17-15/h8-9,13H,4-7,10-11,16H2,1-3H3. The van der Waals surface area contributed by atoms with E-state index < -0.39 is 0 Å². The van der Waals surface area contributed by atoms with Crippen LogP contribution in [0, 0.1) is 12.8 Å². The molecule has 0 saturated carbocycles. The molecule has 0 radical (unpaired) electrons. The molecular weight excluding hydrogens is 224 g/mol. The van der Waals surface area contributed by atoms with Gasteiger partial charge in [-0.05, 0) is 30.9 Å². The van der Waals surface area contributed by atoms with Crippen LogP contribution < -0.4 is 10.5 Å². The van der Waals surface area contributed by atoms with Crippen molar-refractivity contribution in [2.75, 3.05) is 6.61 Å². The lowest BCUT2D eigenvalue weighted by atomic mass is 10.0. The first-order valence-electron chi connectivity index (χ1n) is 7.00. The van der Waals surface area contributed by atoms with Crippen LogP contribution in [0.5, 0.6) is 5.88 Å². The van der Waals surface area contributed by atoms with Crippen LogP contribution in [0.3, 0.4) is 0 Å². The monoisotopic (exact) mass is 250 g/mol. The van der Waals surface area contributed by atoms with Crippen molar-refractivity contribution in [2.45, 2.75) is 53.0 Å². The summed E-state index contributed by atoms with van der Waals surface area (Å²) in [6.45, 7) is 7.71. The maximum Gasteiger partial charge on any atom is 0.213 e. The average molecular weight is 250 g/mol. The highest BCUT2D eigenvalue weighted by Gasteiger charge is 2.08. The Balaban J connectivity index is 2.53. The number of unbranched alkanes of at least 4 members (excludes halogenated alkanes) is 1. The van der Waals surface area contributed by atoms with Gasteiger partial charge in [-0.25, -0.2) is 4.98 Å². The molecule has 1 aromatic rings. The smallest absolute Gasteiger partial charge is 0.213 e. The number of hydrogen-bond donors (Lipinski definition) is 1. The van der Waals surface area contributed by atoms with Crippen molar-refractivity contribution < 1.29 is 4.74 Å². The van der Waals surface area contributed by atoms with Gasteiger partial charge in [-0.1, -0.05) is 33.1 Å². The molecule has 0 bridgehead atoms. The second-order valence-corrected chi connectivity index (χ2v) is 4.89. The van der Waals surface area contributed by atoms with Gasteiger partial charge in [0.05, 0.1) is 6.61 Å². The number of aromatic nitrogens is 1. The van der Waals surface area contributed by atoms with Gasteiger partial charge in [0.1, 0.15) is 0 Å². The van der Waals surface area contributed by atoms with E-state index in [1.165, 1.54) is 19.3 Å². The highest BCUT2D eigenvalue weighted by Crippen LogP contribution is 2.17. The summed E-state index contributed by atoms with van der Waals surface area (Å²) < 4.78 is 5.81. The van der Waals surface area contributed by atoms with Gasteiger partial charge in [0.2, 0.25) is 5.88 Å². The maximum absolute atomic E-state index is 5.81. The molecule has 0 aromatic carbocycles. The number of ether oxygens (including phenoxy) is 1. The van der Waals surface area contributed by atoms with E-state index in [4.69, 9.17) is 10.5 Å². The van der Waals surface area contributed by atoms with Gasteiger partial charge in [0.15, 0.2) is 0 Å². The number of hydrogen-bond acceptors (Lipinski definition) is 3. The second-order valence-electron chi connectivity index (χ2n) is 4.89. The summed E-state index contributed by atoms with van der Waals surface area (Å²) >= 11 is 0. The van der Waals surface area contributed by atoms with Crippen LogP contribution in [-0.2, 0) is 6.54 Å². The quantitative estimate of drug-likeness (QED) is 0.768. The molecule has 102 valence electrons. The highest BCUT2D eigenvalue weighted by molar-refractivity contribution is 5.24. The molecule has 0 spiro atoms. The molecule has 0 amide bonds. The Hall–Kier alpha value is -1.09. The Morgan fingerprint density at radius 3 is 2.72 bits per heavy atom. The molecule has 0 aliphatic rings. The third-order valence-electron chi connectivity index (χ3n) is 3.24. The molecule has 1 atom stereocenters. The fourth-order valence-electron chi connectivity index (χ4n) is 2.00. The Bertz CT molecular complexity index is 352. The molecular formula is C15H26N2O. The van der Waals surface area contributed by atoms with E-state index >= 15 is 0 Å². The zero-order chi connectivity index (χ0) is 13.4. The highest BCUT2D eigenvalue weighted by atomic mass is 16.5. The van der Waals surface area contributed by atoms with Gasteiger partial charge in [-0.3, -0.25) is 0 Å². The molecule has 0 aliphatic carbocycles. The SMILES string of the molecule is CCCCC(CC)COc1cc(CN)cc(C)n1. The Labute approximate surface area is 111 Å². The summed E-state index contributed by atoms with van der Waals surface area (Å²) in [5, 5.41) is 0. The van der Waals surface area contributed by atoms with E-state index in [2.05, 4.69) is 18.8 Å². The van der Waals surface area contributed by atoms with Crippen molar-refractivity contribution in [3.63, 3.8) is 0 Å². The second kappa shape index (κ2) is 8.09. The molecule has 0 saturated heterocycles. The van der Waals surface area contributed by atoms with E-state index in [1.54, 1.807) is 0 Å². The van der Waals surface area contributed by atoms with Gasteiger partial charge in [-0.15, -0.1) is 0 Å². The topological polar surface area (TPSA) is 48.1 Å². The first kappa shape index (κ1) is 15.0. The predicted octanol–water partition coefficient (Wildman–Crippen LogP) is 3.44. The number of pyridine rings is 1. The van der Waals surface area contributed by atoms with E-state index in [-0.39, 0.29) is 0 Å². The van der Waals surface area contributed by atoms with Crippen LogP contribution in [0.25, 0.3) is 0 Å². The minimum Gasteiger partial charge on any atom is -0.477 e. The van der Waals surface area contributed by atoms with Crippen LogP contribution in [0.2, 0.25) is 0 Å². The zero-order valence-electron chi connectivity index (χ0n) is 11.9. The molecule has 3 nitrogen and oxygen atoms in total. The first-order chi connectivity index (χ1) is 8.69. The Morgan fingerprint density at radius 2 is 2.11 bits per heavy atom. The summed E-state index contributed by atoms with van der Waals surface area (Å²) in [5.74, 6) is 1.35. The lowest BCUT2D eigenvalue weighted by Crippen LogP contribution is -2.12. The third kappa shape index (κ3) is 5.05. The van der Waals surface area contributed by atoms with Gasteiger partial charge in [0, 0.05) is 18.3 Å². The van der Waals surface area contributed by atoms with Crippen LogP contribution >= 0.6 is 0 Å². The molecule has 0 fully saturated rings. The maximum atomic E-state index is 5.81. The van der Waals surface area contributed by atoms with Gasteiger partial charge < -0.3 is 10.5 Å². The number of nitrogens with two attached hydrogens (primary N) is 1. The van der Waals surface area contributed by atoms with Crippen LogP contribution in [0.15, 0.2) is 12.1 Å². The van der Waals surface area contributed by atoms with Gasteiger partial charge >= 0.3 is 0 Å². The molecule has 1 unspecified atom stereocenters. The minimum absolute atomic E-state index is 0.534. The summed E-state index contributed by atoms with van der Waals surface area (Å²) in [6.07, 6.45) is 4.92. The third-order valence-corrected chi connectivity index (χ3v) is 3.24. The lowest BCUT2D eigenvalue weighted by molar-refractivity contribution is 0.225. The van der Waals surface area contributed by atoms with Crippen molar-refractivity contribution >= 4 is 0 Å². The number of aryl methyl sites for hydroxylation is 1. The van der Waals surface area contributed by atoms with Crippen LogP contribution in [0.4, 0.5) is 0 Å². The van der Waals surface area contributed by atoms with Crippen molar-refractivity contribution in [2.24, 2.45) is 11.7 Å². The van der Waals surface area contributed by atoms with Crippen molar-refractivity contribution in [3.8, 4) is 5.88 Å². The fourth-order valence-corrected chi connectivity index (χ4v) is 2.00. The van der Waals surface area contributed by atoms with Gasteiger partial charge in [-0.2, -0.15) is 0 Å². The fraction of sp³-hybridized carbons (Fsp3) is 0.667. The summed E-state index contributed by atoms with van der Waals surface area (Å²) in [7, 11) is 0. The van der Waals surface area contributed by atoms with Crippen molar-refractivity contribution in [1.29, 1.82) is 0 Å². The lowest BCUT2D eigenvalue weighted by Gasteiger charge is -2.15. The molecule has 1 aromatic heterocycles. The predicted molar refractivity (Wildman–Crippen MR) is 75.7 cm³/mol. The number of nitrogens with zero attached hydrogens (tertiary/aromatic N) is 1. The minimum atomic E-state index is 0.534.